The average molecular weight is 330 g/mol. The second-order valence-electron chi connectivity index (χ2n) is 6.98. The van der Waals surface area contributed by atoms with Crippen LogP contribution in [0.1, 0.15) is 58.3 Å². The highest BCUT2D eigenvalue weighted by Crippen LogP contribution is 2.27. The molecule has 5 nitrogen and oxygen atoms in total. The Morgan fingerprint density at radius 2 is 1.82 bits per heavy atom. The number of rotatable bonds is 5. The van der Waals surface area contributed by atoms with Crippen molar-refractivity contribution in [1.82, 2.24) is 10.6 Å². The predicted molar refractivity (Wildman–Crippen MR) is 88.6 cm³/mol. The van der Waals surface area contributed by atoms with E-state index in [4.69, 9.17) is 0 Å². The van der Waals surface area contributed by atoms with Gasteiger partial charge in [0.2, 0.25) is 0 Å². The summed E-state index contributed by atoms with van der Waals surface area (Å²) in [5.74, 6) is 1.43. The molecule has 22 heavy (non-hydrogen) atoms. The van der Waals surface area contributed by atoms with Gasteiger partial charge in [-0.15, -0.1) is 0 Å². The van der Waals surface area contributed by atoms with Crippen molar-refractivity contribution in [2.75, 3.05) is 18.1 Å². The van der Waals surface area contributed by atoms with Crippen LogP contribution in [-0.4, -0.2) is 38.5 Å². The fourth-order valence-electron chi connectivity index (χ4n) is 3.76. The van der Waals surface area contributed by atoms with Gasteiger partial charge in [-0.25, -0.2) is 13.2 Å². The topological polar surface area (TPSA) is 75.3 Å². The van der Waals surface area contributed by atoms with E-state index in [0.29, 0.717) is 12.3 Å². The first kappa shape index (κ1) is 17.6. The van der Waals surface area contributed by atoms with Crippen molar-refractivity contribution < 1.29 is 13.2 Å². The van der Waals surface area contributed by atoms with E-state index in [1.807, 2.05) is 0 Å². The highest BCUT2D eigenvalue weighted by Gasteiger charge is 2.26. The van der Waals surface area contributed by atoms with E-state index in [1.54, 1.807) is 0 Å². The van der Waals surface area contributed by atoms with Gasteiger partial charge in [-0.3, -0.25) is 0 Å². The molecule has 1 saturated carbocycles. The molecule has 0 aromatic heterocycles. The molecule has 2 fully saturated rings. The van der Waals surface area contributed by atoms with Crippen molar-refractivity contribution in [2.24, 2.45) is 11.8 Å². The molecule has 2 rings (SSSR count). The molecule has 0 bridgehead atoms. The third kappa shape index (κ3) is 5.78. The van der Waals surface area contributed by atoms with Crippen LogP contribution in [-0.2, 0) is 9.84 Å². The second kappa shape index (κ2) is 8.18. The van der Waals surface area contributed by atoms with Gasteiger partial charge in [0.15, 0.2) is 9.84 Å². The summed E-state index contributed by atoms with van der Waals surface area (Å²) >= 11 is 0. The largest absolute Gasteiger partial charge is 0.338 e. The molecule has 2 amide bonds. The number of hydrogen-bond acceptors (Lipinski definition) is 3. The van der Waals surface area contributed by atoms with Crippen molar-refractivity contribution >= 4 is 15.9 Å². The molecule has 2 aliphatic rings. The van der Waals surface area contributed by atoms with Gasteiger partial charge in [-0.2, -0.15) is 0 Å². The van der Waals surface area contributed by atoms with Crippen molar-refractivity contribution in [1.29, 1.82) is 0 Å². The predicted octanol–water partition coefficient (Wildman–Crippen LogP) is 2.47. The summed E-state index contributed by atoms with van der Waals surface area (Å²) < 4.78 is 23.2. The van der Waals surface area contributed by atoms with Gasteiger partial charge in [0, 0.05) is 12.6 Å². The van der Waals surface area contributed by atoms with Gasteiger partial charge >= 0.3 is 6.03 Å². The van der Waals surface area contributed by atoms with Crippen molar-refractivity contribution in [3.63, 3.8) is 0 Å². The van der Waals surface area contributed by atoms with E-state index < -0.39 is 9.84 Å². The Labute approximate surface area is 134 Å². The summed E-state index contributed by atoms with van der Waals surface area (Å²) in [7, 11) is -2.89. The standard InChI is InChI=1S/C16H30N2O3S/c1-2-4-13-6-8-15(9-7-13)18-16(19)17-11-14-5-3-10-22(20,21)12-14/h13-15H,2-12H2,1H3,(H2,17,18,19). The Balaban J connectivity index is 1.64. The van der Waals surface area contributed by atoms with E-state index >= 15 is 0 Å². The van der Waals surface area contributed by atoms with Crippen LogP contribution in [0.25, 0.3) is 0 Å². The lowest BCUT2D eigenvalue weighted by Crippen LogP contribution is -2.46. The molecule has 0 radical (unpaired) electrons. The lowest BCUT2D eigenvalue weighted by Gasteiger charge is -2.29. The maximum absolute atomic E-state index is 12.0. The Hall–Kier alpha value is -0.780. The average Bonchev–Trinajstić information content (AvgIpc) is 2.47. The number of carbonyl (C=O) groups is 1. The van der Waals surface area contributed by atoms with Crippen LogP contribution in [0.2, 0.25) is 0 Å². The zero-order valence-corrected chi connectivity index (χ0v) is 14.5. The molecule has 0 aromatic rings. The summed E-state index contributed by atoms with van der Waals surface area (Å²) in [5, 5.41) is 5.90. The highest BCUT2D eigenvalue weighted by atomic mass is 32.2. The Bertz CT molecular complexity index is 456. The number of hydrogen-bond donors (Lipinski definition) is 2. The van der Waals surface area contributed by atoms with E-state index in [0.717, 1.165) is 31.6 Å². The molecular formula is C16H30N2O3S. The molecule has 0 aromatic carbocycles. The number of sulfone groups is 1. The highest BCUT2D eigenvalue weighted by molar-refractivity contribution is 7.91. The zero-order chi connectivity index (χ0) is 16.0. The normalized spacial score (nSPS) is 31.4. The summed E-state index contributed by atoms with van der Waals surface area (Å²) in [6.45, 7) is 2.69. The van der Waals surface area contributed by atoms with Crippen molar-refractivity contribution in [2.45, 2.75) is 64.3 Å². The quantitative estimate of drug-likeness (QED) is 0.813. The van der Waals surface area contributed by atoms with Crippen LogP contribution in [0.5, 0.6) is 0 Å². The Morgan fingerprint density at radius 1 is 1.09 bits per heavy atom. The number of nitrogens with one attached hydrogen (secondary N) is 2. The molecule has 6 heteroatoms. The molecule has 1 atom stereocenters. The minimum atomic E-state index is -2.89. The SMILES string of the molecule is CCCC1CCC(NC(=O)NCC2CCCS(=O)(=O)C2)CC1. The molecule has 1 heterocycles. The van der Waals surface area contributed by atoms with Crippen LogP contribution in [0.4, 0.5) is 4.79 Å². The first-order chi connectivity index (χ1) is 10.5. The van der Waals surface area contributed by atoms with Crippen molar-refractivity contribution in [3.8, 4) is 0 Å². The molecule has 128 valence electrons. The lowest BCUT2D eigenvalue weighted by atomic mass is 9.83. The molecule has 0 spiro atoms. The molecule has 1 unspecified atom stereocenters. The maximum atomic E-state index is 12.0. The Morgan fingerprint density at radius 3 is 2.45 bits per heavy atom. The van der Waals surface area contributed by atoms with E-state index in [1.165, 1.54) is 25.7 Å². The van der Waals surface area contributed by atoms with Crippen molar-refractivity contribution in [3.05, 3.63) is 0 Å². The van der Waals surface area contributed by atoms with Crippen LogP contribution >= 0.6 is 0 Å². The number of amides is 2. The molecule has 1 saturated heterocycles. The first-order valence-electron chi connectivity index (χ1n) is 8.73. The minimum Gasteiger partial charge on any atom is -0.338 e. The van der Waals surface area contributed by atoms with Gasteiger partial charge in [0.05, 0.1) is 11.5 Å². The van der Waals surface area contributed by atoms with Gasteiger partial charge < -0.3 is 10.6 Å². The summed E-state index contributed by atoms with van der Waals surface area (Å²) in [6, 6.07) is 0.144. The lowest BCUT2D eigenvalue weighted by molar-refractivity contribution is 0.223. The first-order valence-corrected chi connectivity index (χ1v) is 10.6. The third-order valence-corrected chi connectivity index (χ3v) is 6.88. The van der Waals surface area contributed by atoms with E-state index in [-0.39, 0.29) is 23.7 Å². The number of carbonyl (C=O) groups excluding carboxylic acids is 1. The smallest absolute Gasteiger partial charge is 0.315 e. The van der Waals surface area contributed by atoms with Crippen LogP contribution < -0.4 is 10.6 Å². The zero-order valence-electron chi connectivity index (χ0n) is 13.6. The molecule has 1 aliphatic heterocycles. The third-order valence-electron chi connectivity index (χ3n) is 4.99. The summed E-state index contributed by atoms with van der Waals surface area (Å²) in [4.78, 5) is 12.0. The molecular weight excluding hydrogens is 300 g/mol. The summed E-state index contributed by atoms with van der Waals surface area (Å²) in [5.41, 5.74) is 0. The Kier molecular flexibility index (Phi) is 6.53. The fourth-order valence-corrected chi connectivity index (χ4v) is 5.53. The van der Waals surface area contributed by atoms with E-state index in [2.05, 4.69) is 17.6 Å². The van der Waals surface area contributed by atoms with Gasteiger partial charge in [0.25, 0.3) is 0 Å². The minimum absolute atomic E-state index is 0.0739. The van der Waals surface area contributed by atoms with Crippen LogP contribution in [0.15, 0.2) is 0 Å². The monoisotopic (exact) mass is 330 g/mol. The summed E-state index contributed by atoms with van der Waals surface area (Å²) in [6.07, 6.45) is 8.70. The molecule has 1 aliphatic carbocycles. The fraction of sp³-hybridized carbons (Fsp3) is 0.938. The van der Waals surface area contributed by atoms with Crippen LogP contribution in [0, 0.1) is 11.8 Å². The van der Waals surface area contributed by atoms with Gasteiger partial charge in [0.1, 0.15) is 0 Å². The maximum Gasteiger partial charge on any atom is 0.315 e. The van der Waals surface area contributed by atoms with Gasteiger partial charge in [-0.05, 0) is 50.4 Å². The second-order valence-corrected chi connectivity index (χ2v) is 9.21. The molecule has 2 N–H and O–H groups in total. The van der Waals surface area contributed by atoms with Crippen LogP contribution in [0.3, 0.4) is 0 Å². The number of urea groups is 1. The van der Waals surface area contributed by atoms with Gasteiger partial charge in [-0.1, -0.05) is 19.8 Å². The van der Waals surface area contributed by atoms with E-state index in [9.17, 15) is 13.2 Å².